The number of nitro groups is 1. The van der Waals surface area contributed by atoms with Gasteiger partial charge in [0.05, 0.1) is 4.92 Å². The quantitative estimate of drug-likeness (QED) is 0.687. The molecule has 2 aromatic rings. The lowest BCUT2D eigenvalue weighted by molar-refractivity contribution is -0.385. The molecule has 1 N–H and O–H groups in total. The molecule has 0 saturated heterocycles. The molecule has 0 saturated carbocycles. The Morgan fingerprint density at radius 1 is 1.19 bits per heavy atom. The van der Waals surface area contributed by atoms with Gasteiger partial charge in [-0.25, -0.2) is 0 Å². The summed E-state index contributed by atoms with van der Waals surface area (Å²) in [4.78, 5) is 22.5. The number of amides is 1. The first-order valence-corrected chi connectivity index (χ1v) is 6.66. The van der Waals surface area contributed by atoms with Crippen LogP contribution in [-0.4, -0.2) is 10.8 Å². The van der Waals surface area contributed by atoms with E-state index in [1.165, 1.54) is 6.07 Å². The number of nitrogens with one attached hydrogen (secondary N) is 1. The molecular formula is C16H16N2O3. The van der Waals surface area contributed by atoms with Gasteiger partial charge in [-0.3, -0.25) is 14.9 Å². The fourth-order valence-electron chi connectivity index (χ4n) is 1.98. The van der Waals surface area contributed by atoms with Crippen LogP contribution in [0.25, 0.3) is 0 Å². The molecule has 0 radical (unpaired) electrons. The van der Waals surface area contributed by atoms with E-state index in [9.17, 15) is 14.9 Å². The number of aryl methyl sites for hydroxylation is 2. The summed E-state index contributed by atoms with van der Waals surface area (Å²) < 4.78 is 0. The number of nitro benzene ring substituents is 1. The van der Waals surface area contributed by atoms with Gasteiger partial charge in [0.2, 0.25) is 0 Å². The topological polar surface area (TPSA) is 72.2 Å². The van der Waals surface area contributed by atoms with E-state index < -0.39 is 4.92 Å². The Labute approximate surface area is 122 Å². The number of anilines is 1. The molecule has 2 aromatic carbocycles. The minimum absolute atomic E-state index is 0.00543. The molecule has 0 aliphatic carbocycles. The molecule has 0 atom stereocenters. The summed E-state index contributed by atoms with van der Waals surface area (Å²) in [5.74, 6) is -0.282. The molecule has 0 bridgehead atoms. The Hall–Kier alpha value is -2.69. The van der Waals surface area contributed by atoms with E-state index in [2.05, 4.69) is 5.32 Å². The smallest absolute Gasteiger partial charge is 0.274 e. The van der Waals surface area contributed by atoms with Crippen molar-refractivity contribution in [1.82, 2.24) is 0 Å². The van der Waals surface area contributed by atoms with E-state index in [0.717, 1.165) is 12.0 Å². The van der Waals surface area contributed by atoms with E-state index in [1.54, 1.807) is 31.2 Å². The molecule has 21 heavy (non-hydrogen) atoms. The van der Waals surface area contributed by atoms with Crippen molar-refractivity contribution < 1.29 is 9.72 Å². The summed E-state index contributed by atoms with van der Waals surface area (Å²) in [7, 11) is 0. The molecule has 0 fully saturated rings. The van der Waals surface area contributed by atoms with Crippen molar-refractivity contribution in [2.75, 3.05) is 5.32 Å². The van der Waals surface area contributed by atoms with Crippen molar-refractivity contribution >= 4 is 17.3 Å². The van der Waals surface area contributed by atoms with Gasteiger partial charge in [0.15, 0.2) is 0 Å². The molecule has 1 amide bonds. The maximum atomic E-state index is 12.1. The van der Waals surface area contributed by atoms with E-state index in [1.807, 2.05) is 19.1 Å². The highest BCUT2D eigenvalue weighted by Crippen LogP contribution is 2.22. The maximum Gasteiger partial charge on any atom is 0.274 e. The standard InChI is InChI=1S/C16H16N2O3/c1-3-12-5-7-13(8-6-12)16(19)17-14-9-4-11(2)15(10-14)18(20)21/h4-10H,3H2,1-2H3,(H,17,19). The SMILES string of the molecule is CCc1ccc(C(=O)Nc2ccc(C)c([N+](=O)[O-])c2)cc1. The van der Waals surface area contributed by atoms with Crippen LogP contribution in [-0.2, 0) is 6.42 Å². The van der Waals surface area contributed by atoms with Crippen LogP contribution >= 0.6 is 0 Å². The Balaban J connectivity index is 2.19. The lowest BCUT2D eigenvalue weighted by Gasteiger charge is -2.07. The largest absolute Gasteiger partial charge is 0.322 e. The molecule has 0 aromatic heterocycles. The zero-order chi connectivity index (χ0) is 15.4. The van der Waals surface area contributed by atoms with Crippen LogP contribution in [0.4, 0.5) is 11.4 Å². The second kappa shape index (κ2) is 6.17. The molecule has 5 nitrogen and oxygen atoms in total. The summed E-state index contributed by atoms with van der Waals surface area (Å²) in [5.41, 5.74) is 2.64. The first-order chi connectivity index (χ1) is 10.0. The van der Waals surface area contributed by atoms with Crippen molar-refractivity contribution in [3.63, 3.8) is 0 Å². The van der Waals surface area contributed by atoms with Gasteiger partial charge in [0.1, 0.15) is 0 Å². The second-order valence-corrected chi connectivity index (χ2v) is 4.76. The first kappa shape index (κ1) is 14.7. The average Bonchev–Trinajstić information content (AvgIpc) is 2.49. The minimum atomic E-state index is -0.457. The van der Waals surface area contributed by atoms with Crippen molar-refractivity contribution in [2.24, 2.45) is 0 Å². The number of carbonyl (C=O) groups excluding carboxylic acids is 1. The third-order valence-electron chi connectivity index (χ3n) is 3.29. The maximum absolute atomic E-state index is 12.1. The van der Waals surface area contributed by atoms with E-state index in [4.69, 9.17) is 0 Å². The number of carbonyl (C=O) groups is 1. The third-order valence-corrected chi connectivity index (χ3v) is 3.29. The van der Waals surface area contributed by atoms with Gasteiger partial charge in [0.25, 0.3) is 11.6 Å². The van der Waals surface area contributed by atoms with Gasteiger partial charge in [0, 0.05) is 22.9 Å². The van der Waals surface area contributed by atoms with Gasteiger partial charge < -0.3 is 5.32 Å². The van der Waals surface area contributed by atoms with Gasteiger partial charge in [-0.15, -0.1) is 0 Å². The van der Waals surface area contributed by atoms with Gasteiger partial charge in [-0.1, -0.05) is 25.1 Å². The normalized spacial score (nSPS) is 10.2. The van der Waals surface area contributed by atoms with E-state index in [-0.39, 0.29) is 11.6 Å². The van der Waals surface area contributed by atoms with Crippen LogP contribution in [0.3, 0.4) is 0 Å². The Kier molecular flexibility index (Phi) is 4.33. The number of rotatable bonds is 4. The van der Waals surface area contributed by atoms with E-state index in [0.29, 0.717) is 16.8 Å². The van der Waals surface area contributed by atoms with Crippen LogP contribution in [0, 0.1) is 17.0 Å². The monoisotopic (exact) mass is 284 g/mol. The molecule has 0 aliphatic heterocycles. The first-order valence-electron chi connectivity index (χ1n) is 6.66. The highest BCUT2D eigenvalue weighted by atomic mass is 16.6. The number of hydrogen-bond donors (Lipinski definition) is 1. The highest BCUT2D eigenvalue weighted by Gasteiger charge is 2.13. The van der Waals surface area contributed by atoms with E-state index >= 15 is 0 Å². The third kappa shape index (κ3) is 3.45. The van der Waals surface area contributed by atoms with Gasteiger partial charge >= 0.3 is 0 Å². The van der Waals surface area contributed by atoms with Crippen molar-refractivity contribution in [1.29, 1.82) is 0 Å². The molecular weight excluding hydrogens is 268 g/mol. The Morgan fingerprint density at radius 2 is 1.86 bits per heavy atom. The second-order valence-electron chi connectivity index (χ2n) is 4.76. The summed E-state index contributed by atoms with van der Waals surface area (Å²) >= 11 is 0. The van der Waals surface area contributed by atoms with Crippen molar-refractivity contribution in [3.05, 3.63) is 69.3 Å². The molecule has 5 heteroatoms. The predicted molar refractivity (Wildman–Crippen MR) is 81.6 cm³/mol. The summed E-state index contributed by atoms with van der Waals surface area (Å²) in [6.07, 6.45) is 0.909. The van der Waals surface area contributed by atoms with Crippen LogP contribution < -0.4 is 5.32 Å². The fourth-order valence-corrected chi connectivity index (χ4v) is 1.98. The molecule has 0 aliphatic rings. The van der Waals surface area contributed by atoms with Gasteiger partial charge in [-0.05, 0) is 37.1 Å². The average molecular weight is 284 g/mol. The van der Waals surface area contributed by atoms with Crippen LogP contribution in [0.15, 0.2) is 42.5 Å². The number of benzene rings is 2. The zero-order valence-corrected chi connectivity index (χ0v) is 11.9. The van der Waals surface area contributed by atoms with Crippen LogP contribution in [0.5, 0.6) is 0 Å². The lowest BCUT2D eigenvalue weighted by atomic mass is 10.1. The summed E-state index contributed by atoms with van der Waals surface area (Å²) in [5, 5.41) is 13.6. The lowest BCUT2D eigenvalue weighted by Crippen LogP contribution is -2.12. The highest BCUT2D eigenvalue weighted by molar-refractivity contribution is 6.04. The number of hydrogen-bond acceptors (Lipinski definition) is 3. The molecule has 2 rings (SSSR count). The molecule has 0 spiro atoms. The zero-order valence-electron chi connectivity index (χ0n) is 11.9. The fraction of sp³-hybridized carbons (Fsp3) is 0.188. The van der Waals surface area contributed by atoms with Crippen LogP contribution in [0.2, 0.25) is 0 Å². The van der Waals surface area contributed by atoms with Gasteiger partial charge in [-0.2, -0.15) is 0 Å². The number of nitrogens with zero attached hydrogens (tertiary/aromatic N) is 1. The van der Waals surface area contributed by atoms with Crippen LogP contribution in [0.1, 0.15) is 28.4 Å². The molecule has 0 unspecified atom stereocenters. The Bertz CT molecular complexity index is 678. The van der Waals surface area contributed by atoms with Crippen molar-refractivity contribution in [3.8, 4) is 0 Å². The summed E-state index contributed by atoms with van der Waals surface area (Å²) in [6, 6.07) is 11.9. The minimum Gasteiger partial charge on any atom is -0.322 e. The summed E-state index contributed by atoms with van der Waals surface area (Å²) in [6.45, 7) is 3.70. The molecule has 0 heterocycles. The van der Waals surface area contributed by atoms with Crippen molar-refractivity contribution in [2.45, 2.75) is 20.3 Å². The molecule has 108 valence electrons. The Morgan fingerprint density at radius 3 is 2.43 bits per heavy atom. The predicted octanol–water partition coefficient (Wildman–Crippen LogP) is 3.72.